The topological polar surface area (TPSA) is 61.9 Å². The Morgan fingerprint density at radius 3 is 2.68 bits per heavy atom. The van der Waals surface area contributed by atoms with Crippen molar-refractivity contribution in [2.75, 3.05) is 33.2 Å². The van der Waals surface area contributed by atoms with Crippen molar-refractivity contribution < 1.29 is 14.3 Å². The second kappa shape index (κ2) is 8.34. The summed E-state index contributed by atoms with van der Waals surface area (Å²) in [6, 6.07) is 9.87. The van der Waals surface area contributed by atoms with Gasteiger partial charge in [0.05, 0.1) is 5.92 Å². The molecule has 2 heterocycles. The fourth-order valence-corrected chi connectivity index (χ4v) is 3.54. The molecule has 1 unspecified atom stereocenters. The third-order valence-corrected chi connectivity index (χ3v) is 4.99. The van der Waals surface area contributed by atoms with Crippen molar-refractivity contribution in [3.05, 3.63) is 35.9 Å². The molecule has 0 bridgehead atoms. The van der Waals surface area contributed by atoms with E-state index in [0.717, 1.165) is 37.9 Å². The number of rotatable bonds is 4. The van der Waals surface area contributed by atoms with Gasteiger partial charge in [-0.2, -0.15) is 0 Å². The van der Waals surface area contributed by atoms with Crippen molar-refractivity contribution in [3.8, 4) is 0 Å². The summed E-state index contributed by atoms with van der Waals surface area (Å²) in [5.74, 6) is -0.0650. The quantitative estimate of drug-likeness (QED) is 0.905. The van der Waals surface area contributed by atoms with Gasteiger partial charge in [-0.3, -0.25) is 4.79 Å². The molecule has 0 radical (unpaired) electrons. The van der Waals surface area contributed by atoms with Crippen LogP contribution in [0.3, 0.4) is 0 Å². The average molecular weight is 345 g/mol. The minimum absolute atomic E-state index is 0.0702. The number of hydrogen-bond acceptors (Lipinski definition) is 4. The first-order chi connectivity index (χ1) is 12.1. The SMILES string of the molecule is CN1CC[C@H](NC(=O)C2CCCN(C(=O)OCc3ccccc3)C2)C1. The maximum atomic E-state index is 12.5. The lowest BCUT2D eigenvalue weighted by Gasteiger charge is -2.32. The van der Waals surface area contributed by atoms with Crippen molar-refractivity contribution in [3.63, 3.8) is 0 Å². The molecule has 6 nitrogen and oxygen atoms in total. The zero-order chi connectivity index (χ0) is 17.6. The van der Waals surface area contributed by atoms with Crippen LogP contribution >= 0.6 is 0 Å². The van der Waals surface area contributed by atoms with Crippen molar-refractivity contribution in [2.45, 2.75) is 31.9 Å². The maximum Gasteiger partial charge on any atom is 0.410 e. The first-order valence-corrected chi connectivity index (χ1v) is 9.06. The molecule has 0 aromatic heterocycles. The summed E-state index contributed by atoms with van der Waals surface area (Å²) < 4.78 is 5.39. The molecule has 2 aliphatic heterocycles. The summed E-state index contributed by atoms with van der Waals surface area (Å²) in [5, 5.41) is 3.14. The number of piperidine rings is 1. The summed E-state index contributed by atoms with van der Waals surface area (Å²) in [6.07, 6.45) is 2.33. The van der Waals surface area contributed by atoms with Gasteiger partial charge in [-0.15, -0.1) is 0 Å². The second-order valence-corrected chi connectivity index (χ2v) is 7.08. The van der Waals surface area contributed by atoms with Crippen LogP contribution in [0.15, 0.2) is 30.3 Å². The number of benzene rings is 1. The van der Waals surface area contributed by atoms with E-state index in [4.69, 9.17) is 4.74 Å². The Kier molecular flexibility index (Phi) is 5.91. The van der Waals surface area contributed by atoms with Crippen molar-refractivity contribution in [1.82, 2.24) is 15.1 Å². The number of hydrogen-bond donors (Lipinski definition) is 1. The summed E-state index contributed by atoms with van der Waals surface area (Å²) in [4.78, 5) is 28.7. The molecular weight excluding hydrogens is 318 g/mol. The van der Waals surface area contributed by atoms with Gasteiger partial charge in [-0.25, -0.2) is 4.79 Å². The van der Waals surface area contributed by atoms with Gasteiger partial charge in [0.15, 0.2) is 0 Å². The summed E-state index contributed by atoms with van der Waals surface area (Å²) in [7, 11) is 2.07. The van der Waals surface area contributed by atoms with E-state index in [1.807, 2.05) is 30.3 Å². The molecule has 0 aliphatic carbocycles. The van der Waals surface area contributed by atoms with Crippen LogP contribution in [0.4, 0.5) is 4.79 Å². The molecule has 2 amide bonds. The van der Waals surface area contributed by atoms with E-state index >= 15 is 0 Å². The van der Waals surface area contributed by atoms with Gasteiger partial charge in [0, 0.05) is 25.7 Å². The highest BCUT2D eigenvalue weighted by molar-refractivity contribution is 5.80. The van der Waals surface area contributed by atoms with Crippen LogP contribution in [0.5, 0.6) is 0 Å². The van der Waals surface area contributed by atoms with Crippen molar-refractivity contribution in [2.24, 2.45) is 5.92 Å². The molecule has 25 heavy (non-hydrogen) atoms. The van der Waals surface area contributed by atoms with Crippen LogP contribution < -0.4 is 5.32 Å². The van der Waals surface area contributed by atoms with Crippen LogP contribution in [0.2, 0.25) is 0 Å². The lowest BCUT2D eigenvalue weighted by atomic mass is 9.97. The predicted octanol–water partition coefficient (Wildman–Crippen LogP) is 1.86. The highest BCUT2D eigenvalue weighted by Gasteiger charge is 2.31. The summed E-state index contributed by atoms with van der Waals surface area (Å²) in [5.41, 5.74) is 0.965. The Morgan fingerprint density at radius 1 is 1.16 bits per heavy atom. The van der Waals surface area contributed by atoms with Gasteiger partial charge in [0.2, 0.25) is 5.91 Å². The van der Waals surface area contributed by atoms with Crippen LogP contribution in [-0.4, -0.2) is 61.1 Å². The first kappa shape index (κ1) is 17.7. The van der Waals surface area contributed by atoms with E-state index < -0.39 is 0 Å². The van der Waals surface area contributed by atoms with E-state index in [1.54, 1.807) is 4.90 Å². The normalized spacial score (nSPS) is 24.1. The maximum absolute atomic E-state index is 12.5. The molecule has 6 heteroatoms. The first-order valence-electron chi connectivity index (χ1n) is 9.06. The Balaban J connectivity index is 1.46. The highest BCUT2D eigenvalue weighted by Crippen LogP contribution is 2.19. The molecule has 136 valence electrons. The zero-order valence-corrected chi connectivity index (χ0v) is 14.8. The lowest BCUT2D eigenvalue weighted by molar-refractivity contribution is -0.127. The molecule has 3 rings (SSSR count). The van der Waals surface area contributed by atoms with E-state index in [0.29, 0.717) is 13.1 Å². The Hall–Kier alpha value is -2.08. The van der Waals surface area contributed by atoms with Crippen LogP contribution in [0.1, 0.15) is 24.8 Å². The minimum atomic E-state index is -0.332. The average Bonchev–Trinajstić information content (AvgIpc) is 3.05. The van der Waals surface area contributed by atoms with Gasteiger partial charge < -0.3 is 19.9 Å². The largest absolute Gasteiger partial charge is 0.445 e. The van der Waals surface area contributed by atoms with E-state index in [9.17, 15) is 9.59 Å². The molecule has 1 N–H and O–H groups in total. The molecule has 0 spiro atoms. The number of amides is 2. The number of carbonyl (C=O) groups excluding carboxylic acids is 2. The van der Waals surface area contributed by atoms with E-state index in [1.165, 1.54) is 0 Å². The van der Waals surface area contributed by atoms with E-state index in [2.05, 4.69) is 17.3 Å². The van der Waals surface area contributed by atoms with Gasteiger partial charge in [-0.1, -0.05) is 30.3 Å². The van der Waals surface area contributed by atoms with Crippen molar-refractivity contribution in [1.29, 1.82) is 0 Å². The van der Waals surface area contributed by atoms with Crippen LogP contribution in [0, 0.1) is 5.92 Å². The van der Waals surface area contributed by atoms with Gasteiger partial charge in [-0.05, 0) is 38.4 Å². The van der Waals surface area contributed by atoms with Gasteiger partial charge >= 0.3 is 6.09 Å². The van der Waals surface area contributed by atoms with E-state index in [-0.39, 0.29) is 30.6 Å². The lowest BCUT2D eigenvalue weighted by Crippen LogP contribution is -2.48. The number of nitrogens with one attached hydrogen (secondary N) is 1. The van der Waals surface area contributed by atoms with Crippen LogP contribution in [0.25, 0.3) is 0 Å². The number of nitrogens with zero attached hydrogens (tertiary/aromatic N) is 2. The zero-order valence-electron chi connectivity index (χ0n) is 14.8. The standard InChI is InChI=1S/C19H27N3O3/c1-21-11-9-17(13-21)20-18(23)16-8-5-10-22(12-16)19(24)25-14-15-6-3-2-4-7-15/h2-4,6-7,16-17H,5,8-14H2,1H3,(H,20,23)/t16?,17-/m0/s1. The molecule has 2 aliphatic rings. The Bertz CT molecular complexity index is 593. The fraction of sp³-hybridized carbons (Fsp3) is 0.579. The molecule has 2 fully saturated rings. The number of likely N-dealkylation sites (tertiary alicyclic amines) is 2. The minimum Gasteiger partial charge on any atom is -0.445 e. The van der Waals surface area contributed by atoms with Crippen molar-refractivity contribution >= 4 is 12.0 Å². The molecule has 1 aromatic carbocycles. The number of carbonyl (C=O) groups is 2. The number of ether oxygens (including phenoxy) is 1. The Morgan fingerprint density at radius 2 is 1.96 bits per heavy atom. The molecular formula is C19H27N3O3. The smallest absolute Gasteiger partial charge is 0.410 e. The Labute approximate surface area is 149 Å². The van der Waals surface area contributed by atoms with Crippen LogP contribution in [-0.2, 0) is 16.1 Å². The third-order valence-electron chi connectivity index (χ3n) is 4.99. The molecule has 0 saturated carbocycles. The molecule has 2 saturated heterocycles. The second-order valence-electron chi connectivity index (χ2n) is 7.08. The summed E-state index contributed by atoms with van der Waals surface area (Å²) >= 11 is 0. The molecule has 1 aromatic rings. The number of likely N-dealkylation sites (N-methyl/N-ethyl adjacent to an activating group) is 1. The molecule has 2 atom stereocenters. The fourth-order valence-electron chi connectivity index (χ4n) is 3.54. The highest BCUT2D eigenvalue weighted by atomic mass is 16.6. The van der Waals surface area contributed by atoms with Gasteiger partial charge in [0.1, 0.15) is 6.61 Å². The third kappa shape index (κ3) is 4.95. The van der Waals surface area contributed by atoms with Gasteiger partial charge in [0.25, 0.3) is 0 Å². The summed E-state index contributed by atoms with van der Waals surface area (Å²) in [6.45, 7) is 3.29. The predicted molar refractivity (Wildman–Crippen MR) is 95.0 cm³/mol. The monoisotopic (exact) mass is 345 g/mol.